The van der Waals surface area contributed by atoms with Crippen LogP contribution in [0.4, 0.5) is 5.69 Å². The average molecular weight is 226 g/mol. The second-order valence-electron chi connectivity index (χ2n) is 2.61. The summed E-state index contributed by atoms with van der Waals surface area (Å²) in [4.78, 5) is 11.3. The van der Waals surface area contributed by atoms with Crippen LogP contribution in [0.3, 0.4) is 0 Å². The van der Waals surface area contributed by atoms with E-state index in [0.717, 1.165) is 10.3 Å². The molecular formula is C8H6N2O2S2. The van der Waals surface area contributed by atoms with Crippen molar-refractivity contribution in [3.63, 3.8) is 0 Å². The van der Waals surface area contributed by atoms with Crippen LogP contribution in [-0.4, -0.2) is 15.6 Å². The summed E-state index contributed by atoms with van der Waals surface area (Å²) in [7, 11) is 0. The van der Waals surface area contributed by atoms with Crippen LogP contribution in [0.2, 0.25) is 0 Å². The van der Waals surface area contributed by atoms with Gasteiger partial charge in [0, 0.05) is 22.5 Å². The largest absolute Gasteiger partial charge is 0.288 e. The van der Waals surface area contributed by atoms with Crippen LogP contribution in [0.15, 0.2) is 23.2 Å². The Bertz CT molecular complexity index is 495. The van der Waals surface area contributed by atoms with Crippen LogP contribution >= 0.6 is 23.3 Å². The van der Waals surface area contributed by atoms with Gasteiger partial charge < -0.3 is 0 Å². The third-order valence-corrected chi connectivity index (χ3v) is 3.50. The molecule has 0 aliphatic heterocycles. The second kappa shape index (κ2) is 3.55. The second-order valence-corrected chi connectivity index (χ2v) is 4.26. The van der Waals surface area contributed by atoms with Crippen molar-refractivity contribution < 1.29 is 4.92 Å². The topological polar surface area (TPSA) is 56.0 Å². The van der Waals surface area contributed by atoms with Gasteiger partial charge in [-0.1, -0.05) is 0 Å². The maximum Gasteiger partial charge on any atom is 0.288 e. The predicted octanol–water partition coefficient (Wildman–Crippen LogP) is 2.93. The molecule has 0 N–H and O–H groups in total. The molecule has 6 heteroatoms. The van der Waals surface area contributed by atoms with Gasteiger partial charge >= 0.3 is 0 Å². The van der Waals surface area contributed by atoms with E-state index in [4.69, 9.17) is 0 Å². The van der Waals surface area contributed by atoms with Crippen LogP contribution in [0.5, 0.6) is 0 Å². The molecule has 0 amide bonds. The van der Waals surface area contributed by atoms with Gasteiger partial charge in [0.1, 0.15) is 4.70 Å². The Morgan fingerprint density at radius 3 is 3.00 bits per heavy atom. The van der Waals surface area contributed by atoms with E-state index in [9.17, 15) is 10.1 Å². The van der Waals surface area contributed by atoms with Gasteiger partial charge in [-0.25, -0.2) is 0 Å². The Morgan fingerprint density at radius 1 is 1.57 bits per heavy atom. The van der Waals surface area contributed by atoms with E-state index in [1.807, 2.05) is 6.26 Å². The SMILES string of the molecule is CSc1ccc([N+](=O)[O-])c2sncc12. The van der Waals surface area contributed by atoms with Crippen LogP contribution in [0, 0.1) is 10.1 Å². The van der Waals surface area contributed by atoms with Crippen LogP contribution < -0.4 is 0 Å². The number of aromatic nitrogens is 1. The zero-order valence-electron chi connectivity index (χ0n) is 7.26. The van der Waals surface area contributed by atoms with Gasteiger partial charge in [-0.2, -0.15) is 4.37 Å². The first kappa shape index (κ1) is 9.42. The number of nitro benzene ring substituents is 1. The third-order valence-electron chi connectivity index (χ3n) is 1.88. The lowest BCUT2D eigenvalue weighted by molar-refractivity contribution is -0.382. The lowest BCUT2D eigenvalue weighted by atomic mass is 10.2. The van der Waals surface area contributed by atoms with Gasteiger partial charge in [-0.15, -0.1) is 11.8 Å². The minimum absolute atomic E-state index is 0.139. The lowest BCUT2D eigenvalue weighted by Crippen LogP contribution is -1.87. The number of nitrogens with zero attached hydrogens (tertiary/aromatic N) is 2. The van der Waals surface area contributed by atoms with E-state index < -0.39 is 0 Å². The fourth-order valence-electron chi connectivity index (χ4n) is 1.24. The first-order chi connectivity index (χ1) is 6.74. The summed E-state index contributed by atoms with van der Waals surface area (Å²) in [5.41, 5.74) is 0.139. The Hall–Kier alpha value is -1.14. The quantitative estimate of drug-likeness (QED) is 0.449. The van der Waals surface area contributed by atoms with Gasteiger partial charge in [0.2, 0.25) is 0 Å². The van der Waals surface area contributed by atoms with Crippen molar-refractivity contribution in [3.05, 3.63) is 28.4 Å². The van der Waals surface area contributed by atoms with Crippen molar-refractivity contribution >= 4 is 39.1 Å². The van der Waals surface area contributed by atoms with E-state index >= 15 is 0 Å². The van der Waals surface area contributed by atoms with E-state index in [1.54, 1.807) is 24.0 Å². The number of nitro groups is 1. The molecule has 0 spiro atoms. The lowest BCUT2D eigenvalue weighted by Gasteiger charge is -1.98. The maximum atomic E-state index is 10.7. The van der Waals surface area contributed by atoms with Crippen LogP contribution in [-0.2, 0) is 0 Å². The molecule has 0 saturated heterocycles. The summed E-state index contributed by atoms with van der Waals surface area (Å²) in [5, 5.41) is 11.6. The standard InChI is InChI=1S/C8H6N2O2S2/c1-13-7-3-2-6(10(11)12)8-5(7)4-9-14-8/h2-4H,1H3. The van der Waals surface area contributed by atoms with Crippen molar-refractivity contribution in [3.8, 4) is 0 Å². The highest BCUT2D eigenvalue weighted by molar-refractivity contribution is 7.98. The summed E-state index contributed by atoms with van der Waals surface area (Å²) in [6.45, 7) is 0. The van der Waals surface area contributed by atoms with Crippen molar-refractivity contribution in [2.24, 2.45) is 0 Å². The van der Waals surface area contributed by atoms with Gasteiger partial charge in [-0.05, 0) is 23.9 Å². The molecule has 4 nitrogen and oxygen atoms in total. The highest BCUT2D eigenvalue weighted by Crippen LogP contribution is 2.34. The van der Waals surface area contributed by atoms with Gasteiger partial charge in [-0.3, -0.25) is 10.1 Å². The number of thioether (sulfide) groups is 1. The highest BCUT2D eigenvalue weighted by Gasteiger charge is 2.15. The number of hydrogen-bond acceptors (Lipinski definition) is 5. The summed E-state index contributed by atoms with van der Waals surface area (Å²) >= 11 is 2.73. The van der Waals surface area contributed by atoms with E-state index in [1.165, 1.54) is 17.6 Å². The minimum atomic E-state index is -0.370. The monoisotopic (exact) mass is 226 g/mol. The van der Waals surface area contributed by atoms with E-state index in [0.29, 0.717) is 4.70 Å². The number of rotatable bonds is 2. The molecule has 2 aromatic rings. The molecule has 1 heterocycles. The molecule has 14 heavy (non-hydrogen) atoms. The fraction of sp³-hybridized carbons (Fsp3) is 0.125. The molecular weight excluding hydrogens is 220 g/mol. The van der Waals surface area contributed by atoms with Crippen molar-refractivity contribution in [1.29, 1.82) is 0 Å². The molecule has 72 valence electrons. The number of fused-ring (bicyclic) bond motifs is 1. The van der Waals surface area contributed by atoms with Gasteiger partial charge in [0.05, 0.1) is 4.92 Å². The normalized spacial score (nSPS) is 10.6. The van der Waals surface area contributed by atoms with Crippen molar-refractivity contribution in [2.45, 2.75) is 4.90 Å². The van der Waals surface area contributed by atoms with E-state index in [2.05, 4.69) is 4.37 Å². The number of hydrogen-bond donors (Lipinski definition) is 0. The zero-order chi connectivity index (χ0) is 10.1. The van der Waals surface area contributed by atoms with Crippen LogP contribution in [0.1, 0.15) is 0 Å². The molecule has 0 fully saturated rings. The highest BCUT2D eigenvalue weighted by atomic mass is 32.2. The first-order valence-electron chi connectivity index (χ1n) is 3.80. The van der Waals surface area contributed by atoms with E-state index in [-0.39, 0.29) is 10.6 Å². The fourth-order valence-corrected chi connectivity index (χ4v) is 2.65. The van der Waals surface area contributed by atoms with Gasteiger partial charge in [0.25, 0.3) is 5.69 Å². The summed E-state index contributed by atoms with van der Waals surface area (Å²) < 4.78 is 4.63. The smallest absolute Gasteiger partial charge is 0.258 e. The molecule has 0 bridgehead atoms. The number of benzene rings is 1. The summed E-state index contributed by atoms with van der Waals surface area (Å²) in [6, 6.07) is 3.30. The Kier molecular flexibility index (Phi) is 2.39. The van der Waals surface area contributed by atoms with Crippen LogP contribution in [0.25, 0.3) is 10.1 Å². The molecule has 0 saturated carbocycles. The third kappa shape index (κ3) is 1.36. The summed E-state index contributed by atoms with van der Waals surface area (Å²) in [6.07, 6.45) is 3.62. The molecule has 2 rings (SSSR count). The number of non-ortho nitro benzene ring substituents is 1. The molecule has 0 atom stereocenters. The minimum Gasteiger partial charge on any atom is -0.258 e. The zero-order valence-corrected chi connectivity index (χ0v) is 8.89. The molecule has 1 aromatic heterocycles. The summed E-state index contributed by atoms with van der Waals surface area (Å²) in [5.74, 6) is 0. The molecule has 0 unspecified atom stereocenters. The van der Waals surface area contributed by atoms with Gasteiger partial charge in [0.15, 0.2) is 0 Å². The molecule has 1 aromatic carbocycles. The molecule has 0 aliphatic rings. The average Bonchev–Trinajstić information content (AvgIpc) is 2.64. The van der Waals surface area contributed by atoms with Crippen molar-refractivity contribution in [2.75, 3.05) is 6.26 Å². The Balaban J connectivity index is 2.78. The molecule has 0 radical (unpaired) electrons. The molecule has 0 aliphatic carbocycles. The predicted molar refractivity (Wildman–Crippen MR) is 58.1 cm³/mol. The first-order valence-corrected chi connectivity index (χ1v) is 5.79. The van der Waals surface area contributed by atoms with Crippen molar-refractivity contribution in [1.82, 2.24) is 4.37 Å². The maximum absolute atomic E-state index is 10.7. The Labute approximate surface area is 88.3 Å². The Morgan fingerprint density at radius 2 is 2.36 bits per heavy atom.